The average Bonchev–Trinajstić information content (AvgIpc) is 3.92. The van der Waals surface area contributed by atoms with Gasteiger partial charge in [0.15, 0.2) is 0 Å². The maximum atomic E-state index is 14.2. The number of aliphatic hydroxyl groups is 1. The Morgan fingerprint density at radius 3 is 2.48 bits per heavy atom. The summed E-state index contributed by atoms with van der Waals surface area (Å²) < 4.78 is 31.5. The SMILES string of the molecule is CC1(C)CCC(CN2CCN(c3ccc(C(=O)NS(=O)(=O)c4ccc(NC[C@H]5CC[C@](C)(O)CC5)c([N+](=O)[O-])c4)c(-n4ncc5nc6[nH]ccc6cc54)c3)CC2)=C(c2ccc(Cl)cc2)C1. The minimum Gasteiger partial charge on any atom is -0.390 e. The number of nitro benzene ring substituents is 1. The Hall–Kier alpha value is -5.81. The molecule has 1 saturated carbocycles. The fourth-order valence-corrected chi connectivity index (χ4v) is 10.7. The number of carbonyl (C=O) groups excluding carboxylic acids is 1. The quantitative estimate of drug-likeness (QED) is 0.0678. The molecule has 3 aromatic carbocycles. The zero-order valence-electron chi connectivity index (χ0n) is 36.8. The van der Waals surface area contributed by atoms with Gasteiger partial charge in [-0.2, -0.15) is 5.10 Å². The molecule has 0 radical (unpaired) electrons. The van der Waals surface area contributed by atoms with Crippen LogP contribution in [0.2, 0.25) is 5.02 Å². The normalized spacial score (nSPS) is 20.6. The van der Waals surface area contributed by atoms with Crippen molar-refractivity contribution in [3.63, 3.8) is 0 Å². The van der Waals surface area contributed by atoms with E-state index in [9.17, 15) is 28.4 Å². The van der Waals surface area contributed by atoms with E-state index >= 15 is 0 Å². The van der Waals surface area contributed by atoms with Crippen LogP contribution >= 0.6 is 11.6 Å². The second kappa shape index (κ2) is 17.5. The number of nitrogens with zero attached hydrogens (tertiary/aromatic N) is 6. The zero-order chi connectivity index (χ0) is 45.7. The summed E-state index contributed by atoms with van der Waals surface area (Å²) in [7, 11) is -4.59. The number of sulfonamides is 1. The number of pyridine rings is 1. The lowest BCUT2D eigenvalue weighted by Crippen LogP contribution is -2.47. The molecule has 2 fully saturated rings. The number of nitrogens with one attached hydrogen (secondary N) is 3. The van der Waals surface area contributed by atoms with Crippen molar-refractivity contribution in [2.75, 3.05) is 49.5 Å². The number of anilines is 2. The molecule has 1 saturated heterocycles. The lowest BCUT2D eigenvalue weighted by Gasteiger charge is -2.39. The lowest BCUT2D eigenvalue weighted by molar-refractivity contribution is -0.384. The first kappa shape index (κ1) is 44.4. The number of aromatic amines is 1. The van der Waals surface area contributed by atoms with Crippen LogP contribution < -0.4 is 14.9 Å². The molecule has 2 aliphatic carbocycles. The molecule has 6 aromatic rings. The Labute approximate surface area is 383 Å². The minimum absolute atomic E-state index is 0.0382. The number of halogens is 1. The number of amides is 1. The van der Waals surface area contributed by atoms with Crippen LogP contribution in [0.5, 0.6) is 0 Å². The number of rotatable bonds is 12. The van der Waals surface area contributed by atoms with Gasteiger partial charge in [0.2, 0.25) is 0 Å². The summed E-state index contributed by atoms with van der Waals surface area (Å²) in [6, 6.07) is 20.8. The third kappa shape index (κ3) is 9.62. The Morgan fingerprint density at radius 1 is 0.985 bits per heavy atom. The number of carbonyl (C=O) groups is 1. The van der Waals surface area contributed by atoms with Crippen molar-refractivity contribution in [3.05, 3.63) is 117 Å². The molecule has 0 unspecified atom stereocenters. The molecule has 4 N–H and O–H groups in total. The van der Waals surface area contributed by atoms with E-state index in [2.05, 4.69) is 55.9 Å². The van der Waals surface area contributed by atoms with Gasteiger partial charge in [0.1, 0.15) is 16.9 Å². The Kier molecular flexibility index (Phi) is 12.0. The van der Waals surface area contributed by atoms with Crippen LogP contribution in [0.15, 0.2) is 95.7 Å². The molecular weight excluding hydrogens is 866 g/mol. The van der Waals surface area contributed by atoms with Crippen LogP contribution in [0.25, 0.3) is 33.3 Å². The molecule has 340 valence electrons. The first-order valence-electron chi connectivity index (χ1n) is 22.2. The molecule has 15 nitrogen and oxygen atoms in total. The largest absolute Gasteiger partial charge is 0.390 e. The number of H-pyrrole nitrogens is 1. The second-order valence-electron chi connectivity index (χ2n) is 19.0. The smallest absolute Gasteiger partial charge is 0.293 e. The minimum atomic E-state index is -4.59. The molecule has 9 rings (SSSR count). The van der Waals surface area contributed by atoms with E-state index in [1.54, 1.807) is 23.1 Å². The molecule has 4 heterocycles. The molecule has 65 heavy (non-hydrogen) atoms. The van der Waals surface area contributed by atoms with Gasteiger partial charge < -0.3 is 20.3 Å². The monoisotopic (exact) mass is 919 g/mol. The van der Waals surface area contributed by atoms with Gasteiger partial charge in [-0.25, -0.2) is 22.8 Å². The summed E-state index contributed by atoms with van der Waals surface area (Å²) in [6.07, 6.45) is 9.37. The van der Waals surface area contributed by atoms with E-state index in [0.717, 1.165) is 87.0 Å². The standard InChI is InChI=1S/C48H54ClN9O6S/c1-47(2)16-14-34(39(27-47)32-4-6-35(49)7-5-32)30-55-20-22-56(23-21-55)36-8-10-38(42(25-36)57-43-24-33-15-19-50-45(33)53-41(43)29-52-57)46(59)54-65(63,64)37-9-11-40(44(26-37)58(61)62)51-28-31-12-17-48(3,60)18-13-31/h4-11,15,19,24-26,29,31,51,60H,12-14,16-18,20-23,27-28,30H2,1-3H3,(H,50,53)(H,54,59)/t31-,48-. The van der Waals surface area contributed by atoms with Crippen LogP contribution in [-0.2, 0) is 10.0 Å². The maximum absolute atomic E-state index is 14.2. The van der Waals surface area contributed by atoms with Gasteiger partial charge in [-0.15, -0.1) is 0 Å². The topological polar surface area (TPSA) is 192 Å². The predicted molar refractivity (Wildman–Crippen MR) is 254 cm³/mol. The highest BCUT2D eigenvalue weighted by Gasteiger charge is 2.32. The van der Waals surface area contributed by atoms with Crippen LogP contribution in [-0.4, -0.2) is 93.9 Å². The predicted octanol–water partition coefficient (Wildman–Crippen LogP) is 8.72. The number of nitro groups is 1. The van der Waals surface area contributed by atoms with Crippen molar-refractivity contribution >= 4 is 72.2 Å². The molecule has 0 bridgehead atoms. The average molecular weight is 921 g/mol. The van der Waals surface area contributed by atoms with Crippen molar-refractivity contribution in [3.8, 4) is 5.69 Å². The van der Waals surface area contributed by atoms with Crippen molar-refractivity contribution in [1.82, 2.24) is 29.4 Å². The highest BCUT2D eigenvalue weighted by atomic mass is 35.5. The van der Waals surface area contributed by atoms with E-state index in [1.165, 1.54) is 28.8 Å². The van der Waals surface area contributed by atoms with Crippen LogP contribution in [0, 0.1) is 21.4 Å². The van der Waals surface area contributed by atoms with Crippen molar-refractivity contribution in [1.29, 1.82) is 0 Å². The number of hydrogen-bond donors (Lipinski definition) is 4. The summed E-state index contributed by atoms with van der Waals surface area (Å²) >= 11 is 6.26. The Morgan fingerprint density at radius 2 is 1.74 bits per heavy atom. The zero-order valence-corrected chi connectivity index (χ0v) is 38.4. The number of hydrogen-bond acceptors (Lipinski definition) is 11. The first-order chi connectivity index (χ1) is 31.0. The maximum Gasteiger partial charge on any atom is 0.293 e. The molecule has 0 atom stereocenters. The summed E-state index contributed by atoms with van der Waals surface area (Å²) in [5.41, 5.74) is 6.46. The Balaban J connectivity index is 0.965. The number of allylic oxidation sites excluding steroid dienone is 1. The van der Waals surface area contributed by atoms with Crippen LogP contribution in [0.4, 0.5) is 17.1 Å². The van der Waals surface area contributed by atoms with Crippen LogP contribution in [0.1, 0.15) is 81.6 Å². The molecule has 1 amide bonds. The summed E-state index contributed by atoms with van der Waals surface area (Å²) in [6.45, 7) is 10.9. The highest BCUT2D eigenvalue weighted by Crippen LogP contribution is 2.43. The number of fused-ring (bicyclic) bond motifs is 2. The number of benzene rings is 3. The summed E-state index contributed by atoms with van der Waals surface area (Å²) in [4.78, 5) is 38.0. The van der Waals surface area contributed by atoms with Gasteiger partial charge in [-0.3, -0.25) is 19.8 Å². The fourth-order valence-electron chi connectivity index (χ4n) is 9.57. The lowest BCUT2D eigenvalue weighted by atomic mass is 9.72. The molecular formula is C48H54ClN9O6S. The second-order valence-corrected chi connectivity index (χ2v) is 21.1. The molecule has 3 aliphatic rings. The number of piperazine rings is 1. The molecule has 3 aromatic heterocycles. The van der Waals surface area contributed by atoms with Crippen molar-refractivity contribution in [2.24, 2.45) is 11.3 Å². The van der Waals surface area contributed by atoms with Gasteiger partial charge >= 0.3 is 0 Å². The first-order valence-corrected chi connectivity index (χ1v) is 24.1. The third-order valence-corrected chi connectivity index (χ3v) is 15.1. The summed E-state index contributed by atoms with van der Waals surface area (Å²) in [5, 5.41) is 31.9. The molecule has 17 heteroatoms. The van der Waals surface area contributed by atoms with Gasteiger partial charge in [-0.1, -0.05) is 43.2 Å². The van der Waals surface area contributed by atoms with Gasteiger partial charge in [0.25, 0.3) is 21.6 Å². The van der Waals surface area contributed by atoms with Gasteiger partial charge in [-0.05, 0) is 129 Å². The highest BCUT2D eigenvalue weighted by molar-refractivity contribution is 7.90. The van der Waals surface area contributed by atoms with Crippen LogP contribution in [0.3, 0.4) is 0 Å². The van der Waals surface area contributed by atoms with E-state index in [-0.39, 0.29) is 22.6 Å². The fraction of sp³-hybridized carbons (Fsp3) is 0.396. The van der Waals surface area contributed by atoms with Crippen molar-refractivity contribution in [2.45, 2.75) is 76.2 Å². The molecule has 1 aliphatic heterocycles. The van der Waals surface area contributed by atoms with E-state index in [0.29, 0.717) is 41.8 Å². The number of aromatic nitrogens is 4. The van der Waals surface area contributed by atoms with E-state index < -0.39 is 37.0 Å². The summed E-state index contributed by atoms with van der Waals surface area (Å²) in [5.74, 6) is -0.722. The molecule has 0 spiro atoms. The third-order valence-electron chi connectivity index (χ3n) is 13.5. The van der Waals surface area contributed by atoms with Crippen molar-refractivity contribution < 1.29 is 23.2 Å². The van der Waals surface area contributed by atoms with E-state index in [1.807, 2.05) is 43.3 Å². The van der Waals surface area contributed by atoms with E-state index in [4.69, 9.17) is 16.6 Å². The Bertz CT molecular complexity index is 2930. The van der Waals surface area contributed by atoms with Gasteiger partial charge in [0, 0.05) is 67.6 Å². The van der Waals surface area contributed by atoms with Gasteiger partial charge in [0.05, 0.1) is 38.4 Å².